The van der Waals surface area contributed by atoms with E-state index in [1.807, 2.05) is 18.2 Å². The second-order valence-electron chi connectivity index (χ2n) is 5.85. The summed E-state index contributed by atoms with van der Waals surface area (Å²) in [5.41, 5.74) is 2.97. The Morgan fingerprint density at radius 3 is 2.73 bits per heavy atom. The van der Waals surface area contributed by atoms with Gasteiger partial charge in [-0.05, 0) is 47.9 Å². The van der Waals surface area contributed by atoms with Gasteiger partial charge in [-0.15, -0.1) is 6.58 Å². The molecule has 0 saturated carbocycles. The van der Waals surface area contributed by atoms with Crippen LogP contribution in [0.25, 0.3) is 11.1 Å². The SMILES string of the molecule is C=CCc1cccc(C(=O)c2cc(-c3ccc[nH]c3=O)ccc2OC)c1. The third-order valence-electron chi connectivity index (χ3n) is 4.14. The molecule has 0 aliphatic carbocycles. The van der Waals surface area contributed by atoms with E-state index in [-0.39, 0.29) is 11.3 Å². The Labute approximate surface area is 151 Å². The standard InChI is InChI=1S/C22H19NO3/c1-3-6-15-7-4-8-17(13-15)21(24)19-14-16(10-11-20(19)26-2)18-9-5-12-23-22(18)25/h3-5,7-14H,1,6H2,2H3,(H,23,25). The van der Waals surface area contributed by atoms with Crippen LogP contribution in [0.5, 0.6) is 5.75 Å². The topological polar surface area (TPSA) is 59.2 Å². The minimum Gasteiger partial charge on any atom is -0.496 e. The summed E-state index contributed by atoms with van der Waals surface area (Å²) in [4.78, 5) is 27.8. The highest BCUT2D eigenvalue weighted by molar-refractivity contribution is 6.11. The number of ether oxygens (including phenoxy) is 1. The van der Waals surface area contributed by atoms with Crippen molar-refractivity contribution in [3.8, 4) is 16.9 Å². The number of rotatable bonds is 6. The Morgan fingerprint density at radius 1 is 1.15 bits per heavy atom. The number of benzene rings is 2. The van der Waals surface area contributed by atoms with Gasteiger partial charge in [-0.25, -0.2) is 0 Å². The number of carbonyl (C=O) groups is 1. The van der Waals surface area contributed by atoms with Crippen molar-refractivity contribution in [2.24, 2.45) is 0 Å². The van der Waals surface area contributed by atoms with Gasteiger partial charge >= 0.3 is 0 Å². The molecule has 4 nitrogen and oxygen atoms in total. The summed E-state index contributed by atoms with van der Waals surface area (Å²) >= 11 is 0. The zero-order valence-electron chi connectivity index (χ0n) is 14.5. The van der Waals surface area contributed by atoms with Crippen LogP contribution in [0.15, 0.2) is 78.2 Å². The van der Waals surface area contributed by atoms with E-state index in [2.05, 4.69) is 11.6 Å². The molecule has 4 heteroatoms. The van der Waals surface area contributed by atoms with Crippen LogP contribution >= 0.6 is 0 Å². The average Bonchev–Trinajstić information content (AvgIpc) is 2.68. The molecule has 0 unspecified atom stereocenters. The molecule has 0 saturated heterocycles. The van der Waals surface area contributed by atoms with Gasteiger partial charge in [0.25, 0.3) is 5.56 Å². The number of pyridine rings is 1. The zero-order chi connectivity index (χ0) is 18.5. The first-order chi connectivity index (χ1) is 12.6. The average molecular weight is 345 g/mol. The normalized spacial score (nSPS) is 10.3. The Balaban J connectivity index is 2.08. The van der Waals surface area contributed by atoms with Crippen molar-refractivity contribution in [2.75, 3.05) is 7.11 Å². The molecule has 3 rings (SSSR count). The molecular weight excluding hydrogens is 326 g/mol. The fraction of sp³-hybridized carbons (Fsp3) is 0.0909. The maximum Gasteiger partial charge on any atom is 0.255 e. The predicted octanol–water partition coefficient (Wildman–Crippen LogP) is 4.01. The van der Waals surface area contributed by atoms with Crippen LogP contribution in [0.2, 0.25) is 0 Å². The molecule has 0 radical (unpaired) electrons. The third kappa shape index (κ3) is 3.49. The first-order valence-electron chi connectivity index (χ1n) is 8.24. The van der Waals surface area contributed by atoms with E-state index in [1.165, 1.54) is 7.11 Å². The minimum atomic E-state index is -0.205. The van der Waals surface area contributed by atoms with Crippen LogP contribution in [0, 0.1) is 0 Å². The van der Waals surface area contributed by atoms with Gasteiger partial charge in [0.15, 0.2) is 5.78 Å². The van der Waals surface area contributed by atoms with E-state index in [0.29, 0.717) is 34.4 Å². The molecule has 0 amide bonds. The second kappa shape index (κ2) is 7.66. The molecule has 0 atom stereocenters. The zero-order valence-corrected chi connectivity index (χ0v) is 14.5. The number of allylic oxidation sites excluding steroid dienone is 1. The van der Waals surface area contributed by atoms with Crippen molar-refractivity contribution in [3.63, 3.8) is 0 Å². The van der Waals surface area contributed by atoms with Crippen LogP contribution in [0.4, 0.5) is 0 Å². The van der Waals surface area contributed by atoms with Crippen LogP contribution in [0.1, 0.15) is 21.5 Å². The Morgan fingerprint density at radius 2 is 2.00 bits per heavy atom. The first kappa shape index (κ1) is 17.4. The number of aromatic amines is 1. The molecule has 0 spiro atoms. The van der Waals surface area contributed by atoms with Gasteiger partial charge in [0, 0.05) is 17.3 Å². The summed E-state index contributed by atoms with van der Waals surface area (Å²) in [6.45, 7) is 3.73. The van der Waals surface area contributed by atoms with Crippen molar-refractivity contribution in [2.45, 2.75) is 6.42 Å². The number of H-pyrrole nitrogens is 1. The lowest BCUT2D eigenvalue weighted by molar-refractivity contribution is 0.103. The highest BCUT2D eigenvalue weighted by Crippen LogP contribution is 2.27. The van der Waals surface area contributed by atoms with E-state index in [4.69, 9.17) is 4.74 Å². The Bertz CT molecular complexity index is 1020. The lowest BCUT2D eigenvalue weighted by Crippen LogP contribution is -2.09. The molecule has 26 heavy (non-hydrogen) atoms. The van der Waals surface area contributed by atoms with E-state index in [0.717, 1.165) is 5.56 Å². The van der Waals surface area contributed by atoms with Gasteiger partial charge in [0.05, 0.1) is 12.7 Å². The number of hydrogen-bond donors (Lipinski definition) is 1. The highest BCUT2D eigenvalue weighted by atomic mass is 16.5. The molecule has 1 N–H and O–H groups in total. The second-order valence-corrected chi connectivity index (χ2v) is 5.85. The molecule has 3 aromatic rings. The molecule has 1 heterocycles. The highest BCUT2D eigenvalue weighted by Gasteiger charge is 2.17. The summed E-state index contributed by atoms with van der Waals surface area (Å²) in [7, 11) is 1.52. The Kier molecular flexibility index (Phi) is 5.13. The Hall–Kier alpha value is -3.40. The fourth-order valence-electron chi connectivity index (χ4n) is 2.86. The van der Waals surface area contributed by atoms with Crippen LogP contribution in [-0.4, -0.2) is 17.9 Å². The van der Waals surface area contributed by atoms with Crippen molar-refractivity contribution in [1.29, 1.82) is 0 Å². The molecule has 0 aliphatic heterocycles. The maximum atomic E-state index is 13.1. The van der Waals surface area contributed by atoms with Crippen molar-refractivity contribution in [1.82, 2.24) is 4.98 Å². The van der Waals surface area contributed by atoms with Gasteiger partial charge in [0.1, 0.15) is 5.75 Å². The lowest BCUT2D eigenvalue weighted by atomic mass is 9.96. The van der Waals surface area contributed by atoms with E-state index in [1.54, 1.807) is 48.7 Å². The number of methoxy groups -OCH3 is 1. The van der Waals surface area contributed by atoms with E-state index < -0.39 is 0 Å². The third-order valence-corrected chi connectivity index (χ3v) is 4.14. The van der Waals surface area contributed by atoms with Crippen LogP contribution in [-0.2, 0) is 6.42 Å². The fourth-order valence-corrected chi connectivity index (χ4v) is 2.86. The molecule has 0 bridgehead atoms. The summed E-state index contributed by atoms with van der Waals surface area (Å²) in [5.74, 6) is 0.321. The summed E-state index contributed by atoms with van der Waals surface area (Å²) in [5, 5.41) is 0. The molecule has 0 fully saturated rings. The quantitative estimate of drug-likeness (QED) is 0.542. The van der Waals surface area contributed by atoms with Crippen molar-refractivity contribution >= 4 is 5.78 Å². The number of hydrogen-bond acceptors (Lipinski definition) is 3. The lowest BCUT2D eigenvalue weighted by Gasteiger charge is -2.11. The van der Waals surface area contributed by atoms with E-state index >= 15 is 0 Å². The number of carbonyl (C=O) groups excluding carboxylic acids is 1. The number of ketones is 1. The predicted molar refractivity (Wildman–Crippen MR) is 103 cm³/mol. The first-order valence-corrected chi connectivity index (χ1v) is 8.24. The van der Waals surface area contributed by atoms with Crippen molar-refractivity contribution < 1.29 is 9.53 Å². The van der Waals surface area contributed by atoms with Gasteiger partial charge in [0.2, 0.25) is 0 Å². The van der Waals surface area contributed by atoms with Crippen LogP contribution < -0.4 is 10.3 Å². The minimum absolute atomic E-state index is 0.151. The van der Waals surface area contributed by atoms with Gasteiger partial charge in [-0.2, -0.15) is 0 Å². The van der Waals surface area contributed by atoms with Crippen LogP contribution in [0.3, 0.4) is 0 Å². The monoisotopic (exact) mass is 345 g/mol. The maximum absolute atomic E-state index is 13.1. The summed E-state index contributed by atoms with van der Waals surface area (Å²) in [6.07, 6.45) is 4.07. The summed E-state index contributed by atoms with van der Waals surface area (Å²) in [6, 6.07) is 16.1. The smallest absolute Gasteiger partial charge is 0.255 e. The molecule has 2 aromatic carbocycles. The molecular formula is C22H19NO3. The molecule has 1 aromatic heterocycles. The largest absolute Gasteiger partial charge is 0.496 e. The number of aromatic nitrogens is 1. The van der Waals surface area contributed by atoms with Gasteiger partial charge in [-0.3, -0.25) is 9.59 Å². The number of nitrogens with one attached hydrogen (secondary N) is 1. The van der Waals surface area contributed by atoms with Gasteiger partial charge in [-0.1, -0.05) is 30.3 Å². The van der Waals surface area contributed by atoms with E-state index in [9.17, 15) is 9.59 Å². The molecule has 130 valence electrons. The molecule has 0 aliphatic rings. The van der Waals surface area contributed by atoms with Crippen molar-refractivity contribution in [3.05, 3.63) is 100 Å². The van der Waals surface area contributed by atoms with Gasteiger partial charge < -0.3 is 9.72 Å². The summed E-state index contributed by atoms with van der Waals surface area (Å²) < 4.78 is 5.36.